The van der Waals surface area contributed by atoms with Crippen molar-refractivity contribution in [2.24, 2.45) is 5.41 Å². The number of nitrogens with zero attached hydrogens (tertiary/aromatic N) is 3. The third kappa shape index (κ3) is 6.03. The molecule has 0 saturated heterocycles. The lowest BCUT2D eigenvalue weighted by Gasteiger charge is -2.35. The van der Waals surface area contributed by atoms with Crippen molar-refractivity contribution < 1.29 is 0 Å². The Labute approximate surface area is 207 Å². The minimum Gasteiger partial charge on any atom is -0.305 e. The van der Waals surface area contributed by atoms with E-state index in [1.165, 1.54) is 0 Å². The topological polar surface area (TPSA) is 83.4 Å². The fourth-order valence-corrected chi connectivity index (χ4v) is 4.34. The number of hydrogen-bond donors (Lipinski definition) is 1. The molecule has 0 amide bonds. The fourth-order valence-electron chi connectivity index (χ4n) is 4.21. The molecule has 0 spiro atoms. The second kappa shape index (κ2) is 11.0. The minimum atomic E-state index is -0.693. The highest BCUT2D eigenvalue weighted by atomic mass is 35.5. The summed E-state index contributed by atoms with van der Waals surface area (Å²) in [5, 5.41) is 32.9. The van der Waals surface area contributed by atoms with Gasteiger partial charge in [0.05, 0.1) is 40.8 Å². The average molecular weight is 467 g/mol. The Bertz CT molecular complexity index is 1240. The van der Waals surface area contributed by atoms with Gasteiger partial charge in [-0.25, -0.2) is 0 Å². The third-order valence-electron chi connectivity index (χ3n) is 6.23. The molecule has 3 aromatic carbocycles. The van der Waals surface area contributed by atoms with Crippen molar-refractivity contribution in [2.75, 3.05) is 0 Å². The van der Waals surface area contributed by atoms with Crippen molar-refractivity contribution in [1.82, 2.24) is 5.32 Å². The van der Waals surface area contributed by atoms with Gasteiger partial charge in [-0.2, -0.15) is 15.8 Å². The largest absolute Gasteiger partial charge is 0.305 e. The van der Waals surface area contributed by atoms with Crippen LogP contribution in [0, 0.1) is 39.4 Å². The van der Waals surface area contributed by atoms with E-state index < -0.39 is 5.41 Å². The van der Waals surface area contributed by atoms with E-state index in [1.54, 1.807) is 18.2 Å². The van der Waals surface area contributed by atoms with Crippen molar-refractivity contribution in [3.63, 3.8) is 0 Å². The van der Waals surface area contributed by atoms with Gasteiger partial charge in [0.25, 0.3) is 0 Å². The maximum atomic E-state index is 9.93. The highest BCUT2D eigenvalue weighted by molar-refractivity contribution is 6.30. The monoisotopic (exact) mass is 466 g/mol. The first kappa shape index (κ1) is 25.0. The van der Waals surface area contributed by atoms with Gasteiger partial charge in [0.1, 0.15) is 0 Å². The number of nitriles is 3. The Morgan fingerprint density at radius 2 is 1.50 bits per heavy atom. The standard InChI is InChI=1S/C29H27ClN4/c1-20(34-28(29(2,3)19-33)24-11-7-22(17-31)8-12-24)27(16-21-9-13-26(30)14-10-21)25-6-4-5-23(15-25)18-32/h4-15,20,27-28,34H,16H2,1-3H3/t20-,27+,28?/m0/s1. The summed E-state index contributed by atoms with van der Waals surface area (Å²) in [5.74, 6) is 0.0462. The van der Waals surface area contributed by atoms with Gasteiger partial charge in [0.2, 0.25) is 0 Å². The minimum absolute atomic E-state index is 0.0297. The van der Waals surface area contributed by atoms with Gasteiger partial charge < -0.3 is 5.32 Å². The van der Waals surface area contributed by atoms with Crippen LogP contribution in [0.3, 0.4) is 0 Å². The second-order valence-corrected chi connectivity index (χ2v) is 9.57. The van der Waals surface area contributed by atoms with Gasteiger partial charge >= 0.3 is 0 Å². The predicted octanol–water partition coefficient (Wildman–Crippen LogP) is 6.68. The quantitative estimate of drug-likeness (QED) is 0.401. The summed E-state index contributed by atoms with van der Waals surface area (Å²) in [5.41, 5.74) is 3.66. The van der Waals surface area contributed by atoms with Crippen LogP contribution in [-0.4, -0.2) is 6.04 Å². The lowest BCUT2D eigenvalue weighted by atomic mass is 9.79. The first-order chi connectivity index (χ1) is 16.3. The molecule has 0 radical (unpaired) electrons. The van der Waals surface area contributed by atoms with Crippen LogP contribution in [0.5, 0.6) is 0 Å². The van der Waals surface area contributed by atoms with Gasteiger partial charge in [-0.05, 0) is 80.3 Å². The van der Waals surface area contributed by atoms with Crippen molar-refractivity contribution >= 4 is 11.6 Å². The Hall–Kier alpha value is -3.62. The first-order valence-corrected chi connectivity index (χ1v) is 11.6. The van der Waals surface area contributed by atoms with E-state index in [4.69, 9.17) is 16.9 Å². The molecule has 5 heteroatoms. The molecule has 3 aromatic rings. The van der Waals surface area contributed by atoms with Gasteiger partial charge in [-0.15, -0.1) is 0 Å². The lowest BCUT2D eigenvalue weighted by Crippen LogP contribution is -2.42. The Kier molecular flexibility index (Phi) is 8.09. The van der Waals surface area contributed by atoms with E-state index >= 15 is 0 Å². The van der Waals surface area contributed by atoms with Crippen molar-refractivity contribution in [2.45, 2.75) is 45.2 Å². The summed E-state index contributed by atoms with van der Waals surface area (Å²) >= 11 is 6.09. The molecule has 0 aliphatic rings. The smallest absolute Gasteiger partial charge is 0.0991 e. The van der Waals surface area contributed by atoms with Crippen LogP contribution in [0.1, 0.15) is 60.5 Å². The molecule has 3 rings (SSSR count). The molecule has 4 nitrogen and oxygen atoms in total. The highest BCUT2D eigenvalue weighted by Crippen LogP contribution is 2.36. The average Bonchev–Trinajstić information content (AvgIpc) is 2.86. The molecule has 1 unspecified atom stereocenters. The highest BCUT2D eigenvalue weighted by Gasteiger charge is 2.34. The summed E-state index contributed by atoms with van der Waals surface area (Å²) in [7, 11) is 0. The Morgan fingerprint density at radius 3 is 2.09 bits per heavy atom. The van der Waals surface area contributed by atoms with E-state index in [2.05, 4.69) is 30.4 Å². The SMILES string of the molecule is C[C@H](NC(c1ccc(C#N)cc1)C(C)(C)C#N)[C@@H](Cc1ccc(Cl)cc1)c1cccc(C#N)c1. The number of halogens is 1. The summed E-state index contributed by atoms with van der Waals surface area (Å²) in [6.45, 7) is 5.95. The Balaban J connectivity index is 1.99. The summed E-state index contributed by atoms with van der Waals surface area (Å²) in [6, 6.07) is 29.4. The van der Waals surface area contributed by atoms with E-state index in [0.717, 1.165) is 23.1 Å². The molecule has 0 aliphatic heterocycles. The zero-order valence-corrected chi connectivity index (χ0v) is 20.3. The zero-order valence-electron chi connectivity index (χ0n) is 19.6. The zero-order chi connectivity index (χ0) is 24.7. The number of benzene rings is 3. The van der Waals surface area contributed by atoms with Crippen LogP contribution >= 0.6 is 11.6 Å². The molecule has 34 heavy (non-hydrogen) atoms. The van der Waals surface area contributed by atoms with Crippen LogP contribution in [-0.2, 0) is 6.42 Å². The van der Waals surface area contributed by atoms with Crippen molar-refractivity contribution in [1.29, 1.82) is 15.8 Å². The predicted molar refractivity (Wildman–Crippen MR) is 135 cm³/mol. The van der Waals surface area contributed by atoms with E-state index in [9.17, 15) is 10.5 Å². The fraction of sp³-hybridized carbons (Fsp3) is 0.276. The molecule has 0 fully saturated rings. The van der Waals surface area contributed by atoms with Crippen LogP contribution < -0.4 is 5.32 Å². The Morgan fingerprint density at radius 1 is 0.853 bits per heavy atom. The summed E-state index contributed by atoms with van der Waals surface area (Å²) < 4.78 is 0. The first-order valence-electron chi connectivity index (χ1n) is 11.2. The molecule has 170 valence electrons. The van der Waals surface area contributed by atoms with Gasteiger partial charge in [0.15, 0.2) is 0 Å². The van der Waals surface area contributed by atoms with Gasteiger partial charge in [-0.1, -0.05) is 48.0 Å². The maximum absolute atomic E-state index is 9.93. The van der Waals surface area contributed by atoms with Gasteiger partial charge in [0, 0.05) is 17.0 Å². The number of hydrogen-bond acceptors (Lipinski definition) is 4. The molecule has 1 N–H and O–H groups in total. The van der Waals surface area contributed by atoms with Crippen LogP contribution in [0.2, 0.25) is 5.02 Å². The lowest BCUT2D eigenvalue weighted by molar-refractivity contribution is 0.281. The summed E-state index contributed by atoms with van der Waals surface area (Å²) in [6.07, 6.45) is 0.743. The molecule has 0 aliphatic carbocycles. The van der Waals surface area contributed by atoms with E-state index in [1.807, 2.05) is 68.4 Å². The molecule has 0 heterocycles. The van der Waals surface area contributed by atoms with E-state index in [0.29, 0.717) is 16.1 Å². The van der Waals surface area contributed by atoms with Crippen molar-refractivity contribution in [3.05, 3.63) is 106 Å². The van der Waals surface area contributed by atoms with E-state index in [-0.39, 0.29) is 18.0 Å². The molecule has 0 bridgehead atoms. The molecule has 0 saturated carbocycles. The molecule has 3 atom stereocenters. The van der Waals surface area contributed by atoms with Gasteiger partial charge in [-0.3, -0.25) is 0 Å². The molecule has 0 aromatic heterocycles. The molecular formula is C29H27ClN4. The van der Waals surface area contributed by atoms with Crippen LogP contribution in [0.25, 0.3) is 0 Å². The maximum Gasteiger partial charge on any atom is 0.0991 e. The normalized spacial score (nSPS) is 13.7. The number of nitrogens with one attached hydrogen (secondary N) is 1. The number of rotatable bonds is 8. The van der Waals surface area contributed by atoms with Crippen LogP contribution in [0.4, 0.5) is 0 Å². The van der Waals surface area contributed by atoms with Crippen LogP contribution in [0.15, 0.2) is 72.8 Å². The third-order valence-corrected chi connectivity index (χ3v) is 6.48. The molecular weight excluding hydrogens is 440 g/mol. The summed E-state index contributed by atoms with van der Waals surface area (Å²) in [4.78, 5) is 0. The van der Waals surface area contributed by atoms with Crippen molar-refractivity contribution in [3.8, 4) is 18.2 Å². The second-order valence-electron chi connectivity index (χ2n) is 9.13.